The van der Waals surface area contributed by atoms with Gasteiger partial charge < -0.3 is 9.94 Å². The van der Waals surface area contributed by atoms with Gasteiger partial charge in [0.05, 0.1) is 11.0 Å². The molecule has 2 aromatic rings. The number of hydroxylamine groups is 1. The molecule has 0 bridgehead atoms. The zero-order valence-corrected chi connectivity index (χ0v) is 17.5. The van der Waals surface area contributed by atoms with Crippen LogP contribution in [0.3, 0.4) is 0 Å². The van der Waals surface area contributed by atoms with Crippen molar-refractivity contribution in [2.24, 2.45) is 5.16 Å². The van der Waals surface area contributed by atoms with E-state index in [1.807, 2.05) is 54.8 Å². The Balaban J connectivity index is 1.58. The summed E-state index contributed by atoms with van der Waals surface area (Å²) in [6.07, 6.45) is 3.36. The van der Waals surface area contributed by atoms with Crippen molar-refractivity contribution in [1.82, 2.24) is 5.48 Å². The van der Waals surface area contributed by atoms with E-state index in [-0.39, 0.29) is 18.0 Å². The Morgan fingerprint density at radius 1 is 1.20 bits per heavy atom. The first-order valence-corrected chi connectivity index (χ1v) is 10.9. The second kappa shape index (κ2) is 10.8. The molecular weight excluding hydrogens is 400 g/mol. The maximum Gasteiger partial charge on any atom is 0.256 e. The lowest BCUT2D eigenvalue weighted by molar-refractivity contribution is -0.129. The van der Waals surface area contributed by atoms with Crippen LogP contribution in [-0.2, 0) is 16.1 Å². The molecule has 1 heterocycles. The third-order valence-corrected chi connectivity index (χ3v) is 5.80. The van der Waals surface area contributed by atoms with Gasteiger partial charge in [-0.25, -0.2) is 5.48 Å². The van der Waals surface area contributed by atoms with Gasteiger partial charge in [-0.2, -0.15) is 11.8 Å². The van der Waals surface area contributed by atoms with Crippen molar-refractivity contribution in [2.75, 3.05) is 12.9 Å². The van der Waals surface area contributed by atoms with E-state index in [2.05, 4.69) is 17.0 Å². The smallest absolute Gasteiger partial charge is 0.256 e. The molecule has 0 fully saturated rings. The van der Waals surface area contributed by atoms with E-state index in [1.54, 1.807) is 5.48 Å². The summed E-state index contributed by atoms with van der Waals surface area (Å²) in [7, 11) is 0. The van der Waals surface area contributed by atoms with Gasteiger partial charge in [0.15, 0.2) is 0 Å². The molecule has 7 heteroatoms. The van der Waals surface area contributed by atoms with Crippen LogP contribution in [0.4, 0.5) is 0 Å². The fraction of sp³-hybridized carbons (Fsp3) is 0.304. The summed E-state index contributed by atoms with van der Waals surface area (Å²) in [6.45, 7) is 0.143. The summed E-state index contributed by atoms with van der Waals surface area (Å²) in [6, 6.07) is 15.7. The summed E-state index contributed by atoms with van der Waals surface area (Å²) in [4.78, 5) is 17.1. The molecule has 30 heavy (non-hydrogen) atoms. The van der Waals surface area contributed by atoms with Crippen molar-refractivity contribution < 1.29 is 19.9 Å². The summed E-state index contributed by atoms with van der Waals surface area (Å²) >= 11 is 1.37. The SMILES string of the molecule is CSC(CC1CC(c2ccc(C#Cc3ccc(CCO)cc3)cc2)=NO1)C(=O)NO. The third-order valence-electron chi connectivity index (χ3n) is 4.82. The largest absolute Gasteiger partial charge is 0.396 e. The monoisotopic (exact) mass is 424 g/mol. The predicted molar refractivity (Wildman–Crippen MR) is 118 cm³/mol. The van der Waals surface area contributed by atoms with Gasteiger partial charge in [-0.15, -0.1) is 0 Å². The topological polar surface area (TPSA) is 91.2 Å². The fourth-order valence-electron chi connectivity index (χ4n) is 3.12. The Kier molecular flexibility index (Phi) is 7.91. The summed E-state index contributed by atoms with van der Waals surface area (Å²) in [5.74, 6) is 5.87. The maximum atomic E-state index is 11.6. The molecule has 0 radical (unpaired) electrons. The molecule has 3 rings (SSSR count). The number of rotatable bonds is 7. The number of hydrogen-bond acceptors (Lipinski definition) is 6. The molecular formula is C23H24N2O4S. The van der Waals surface area contributed by atoms with Crippen LogP contribution in [0.2, 0.25) is 0 Å². The highest BCUT2D eigenvalue weighted by Gasteiger charge is 2.28. The highest BCUT2D eigenvalue weighted by molar-refractivity contribution is 7.99. The number of nitrogens with zero attached hydrogens (tertiary/aromatic N) is 1. The molecule has 0 aromatic heterocycles. The average Bonchev–Trinajstić information content (AvgIpc) is 3.25. The minimum absolute atomic E-state index is 0.143. The maximum absolute atomic E-state index is 11.6. The highest BCUT2D eigenvalue weighted by atomic mass is 32.2. The van der Waals surface area contributed by atoms with Crippen molar-refractivity contribution in [3.63, 3.8) is 0 Å². The van der Waals surface area contributed by atoms with Crippen molar-refractivity contribution >= 4 is 23.4 Å². The Morgan fingerprint density at radius 3 is 2.40 bits per heavy atom. The van der Waals surface area contributed by atoms with Crippen molar-refractivity contribution in [3.8, 4) is 11.8 Å². The van der Waals surface area contributed by atoms with Gasteiger partial charge in [-0.1, -0.05) is 41.3 Å². The van der Waals surface area contributed by atoms with Gasteiger partial charge in [0.25, 0.3) is 5.91 Å². The Hall–Kier alpha value is -2.79. The fourth-order valence-corrected chi connectivity index (χ4v) is 3.79. The minimum Gasteiger partial charge on any atom is -0.396 e. The lowest BCUT2D eigenvalue weighted by Crippen LogP contribution is -2.32. The lowest BCUT2D eigenvalue weighted by Gasteiger charge is -2.15. The number of carbonyl (C=O) groups is 1. The van der Waals surface area contributed by atoms with Gasteiger partial charge in [0.1, 0.15) is 6.10 Å². The normalized spacial score (nSPS) is 16.1. The summed E-state index contributed by atoms with van der Waals surface area (Å²) in [5, 5.41) is 21.6. The zero-order valence-electron chi connectivity index (χ0n) is 16.7. The van der Waals surface area contributed by atoms with E-state index in [1.165, 1.54) is 11.8 Å². The Morgan fingerprint density at radius 2 is 1.83 bits per heavy atom. The number of amides is 1. The van der Waals surface area contributed by atoms with Crippen molar-refractivity contribution in [3.05, 3.63) is 70.8 Å². The van der Waals surface area contributed by atoms with Crippen LogP contribution >= 0.6 is 11.8 Å². The van der Waals surface area contributed by atoms with Gasteiger partial charge >= 0.3 is 0 Å². The molecule has 0 saturated heterocycles. The number of oxime groups is 1. The number of nitrogens with one attached hydrogen (secondary N) is 1. The Labute approximate surface area is 180 Å². The van der Waals surface area contributed by atoms with E-state index in [0.717, 1.165) is 28.0 Å². The standard InChI is InChI=1S/C23H24N2O4S/c1-30-22(23(27)24-28)15-20-14-21(25-29-20)19-10-8-17(9-11-19)3-2-16-4-6-18(7-5-16)12-13-26/h4-11,20,22,26,28H,12-15H2,1H3,(H,24,27). The number of thioether (sulfide) groups is 1. The number of carbonyl (C=O) groups excluding carboxylic acids is 1. The third kappa shape index (κ3) is 5.86. The van der Waals surface area contributed by atoms with Crippen LogP contribution in [0.15, 0.2) is 53.7 Å². The van der Waals surface area contributed by atoms with Crippen molar-refractivity contribution in [2.45, 2.75) is 30.6 Å². The number of benzene rings is 2. The molecule has 156 valence electrons. The molecule has 3 N–H and O–H groups in total. The summed E-state index contributed by atoms with van der Waals surface area (Å²) in [5.41, 5.74) is 6.41. The predicted octanol–water partition coefficient (Wildman–Crippen LogP) is 2.74. The number of hydrogen-bond donors (Lipinski definition) is 3. The molecule has 1 aliphatic rings. The first-order chi connectivity index (χ1) is 14.6. The van der Waals surface area contributed by atoms with Gasteiger partial charge in [-0.05, 0) is 48.1 Å². The van der Waals surface area contributed by atoms with E-state index >= 15 is 0 Å². The van der Waals surface area contributed by atoms with Gasteiger partial charge in [0.2, 0.25) is 0 Å². The van der Waals surface area contributed by atoms with Crippen LogP contribution in [-0.4, -0.2) is 46.1 Å². The molecule has 0 saturated carbocycles. The van der Waals surface area contributed by atoms with Crippen LogP contribution in [0.25, 0.3) is 0 Å². The average molecular weight is 425 g/mol. The van der Waals surface area contributed by atoms with Crippen molar-refractivity contribution in [1.29, 1.82) is 0 Å². The molecule has 1 aliphatic heterocycles. The molecule has 2 atom stereocenters. The van der Waals surface area contributed by atoms with Crippen LogP contribution in [0.1, 0.15) is 35.1 Å². The van der Waals surface area contributed by atoms with Gasteiger partial charge in [-0.3, -0.25) is 10.0 Å². The van der Waals surface area contributed by atoms with Crippen LogP contribution in [0, 0.1) is 11.8 Å². The summed E-state index contributed by atoms with van der Waals surface area (Å²) < 4.78 is 0. The lowest BCUT2D eigenvalue weighted by atomic mass is 10.0. The van der Waals surface area contributed by atoms with Crippen LogP contribution in [0.5, 0.6) is 0 Å². The molecule has 1 amide bonds. The molecule has 0 aliphatic carbocycles. The quantitative estimate of drug-likeness (QED) is 0.361. The van der Waals surface area contributed by atoms with E-state index < -0.39 is 5.91 Å². The first kappa shape index (κ1) is 21.9. The number of aliphatic hydroxyl groups is 1. The number of aliphatic hydroxyl groups excluding tert-OH is 1. The van der Waals surface area contributed by atoms with Crippen LogP contribution < -0.4 is 5.48 Å². The molecule has 6 nitrogen and oxygen atoms in total. The van der Waals surface area contributed by atoms with Gasteiger partial charge in [0, 0.05) is 30.6 Å². The molecule has 0 spiro atoms. The second-order valence-corrected chi connectivity index (χ2v) is 7.94. The Bertz CT molecular complexity index is 946. The van der Waals surface area contributed by atoms with E-state index in [4.69, 9.17) is 15.2 Å². The molecule has 2 aromatic carbocycles. The first-order valence-electron chi connectivity index (χ1n) is 9.64. The van der Waals surface area contributed by atoms with E-state index in [0.29, 0.717) is 19.3 Å². The molecule has 2 unspecified atom stereocenters. The highest BCUT2D eigenvalue weighted by Crippen LogP contribution is 2.24. The second-order valence-electron chi connectivity index (χ2n) is 6.90. The van der Waals surface area contributed by atoms with E-state index in [9.17, 15) is 4.79 Å². The zero-order chi connectivity index (χ0) is 21.3. The minimum atomic E-state index is -0.425.